The van der Waals surface area contributed by atoms with Crippen LogP contribution in [-0.2, 0) is 0 Å². The van der Waals surface area contributed by atoms with Crippen LogP contribution in [0.3, 0.4) is 0 Å². The summed E-state index contributed by atoms with van der Waals surface area (Å²) in [4.78, 5) is 4.18. The molecule has 1 atom stereocenters. The minimum Gasteiger partial charge on any atom is -0.490 e. The molecule has 2 rings (SSSR count). The van der Waals surface area contributed by atoms with Crippen molar-refractivity contribution in [1.82, 2.24) is 10.3 Å². The van der Waals surface area contributed by atoms with Gasteiger partial charge in [0.15, 0.2) is 0 Å². The lowest BCUT2D eigenvalue weighted by Gasteiger charge is -2.12. The zero-order valence-corrected chi connectivity index (χ0v) is 10.9. The van der Waals surface area contributed by atoms with Crippen LogP contribution in [0.2, 0.25) is 0 Å². The standard InChI is InChI=1S/C11H16N2O.2ClH/c1-9-11(5-3-6-12-9)14-8-10-4-2-7-13-10;;/h3,5-6,10,13H,2,4,7-8H2,1H3;2*1H/t10-;;/m1../s1. The molecular weight excluding hydrogens is 247 g/mol. The molecule has 5 heteroatoms. The molecule has 1 aliphatic rings. The molecule has 0 bridgehead atoms. The minimum atomic E-state index is 0. The third-order valence-corrected chi connectivity index (χ3v) is 2.56. The van der Waals surface area contributed by atoms with Gasteiger partial charge in [-0.2, -0.15) is 0 Å². The highest BCUT2D eigenvalue weighted by Gasteiger charge is 2.14. The normalized spacial score (nSPS) is 18.4. The molecule has 92 valence electrons. The molecule has 0 unspecified atom stereocenters. The average molecular weight is 265 g/mol. The quantitative estimate of drug-likeness (QED) is 0.911. The maximum atomic E-state index is 5.70. The third kappa shape index (κ3) is 4.16. The Bertz CT molecular complexity index is 304. The molecule has 0 amide bonds. The maximum Gasteiger partial charge on any atom is 0.140 e. The summed E-state index contributed by atoms with van der Waals surface area (Å²) >= 11 is 0. The fraction of sp³-hybridized carbons (Fsp3) is 0.545. The van der Waals surface area contributed by atoms with Gasteiger partial charge in [-0.05, 0) is 38.4 Å². The monoisotopic (exact) mass is 264 g/mol. The molecule has 0 aliphatic carbocycles. The van der Waals surface area contributed by atoms with E-state index in [1.54, 1.807) is 6.20 Å². The highest BCUT2D eigenvalue weighted by molar-refractivity contribution is 5.85. The van der Waals surface area contributed by atoms with E-state index in [2.05, 4.69) is 10.3 Å². The lowest BCUT2D eigenvalue weighted by atomic mass is 10.2. The molecule has 0 spiro atoms. The zero-order valence-electron chi connectivity index (χ0n) is 9.31. The van der Waals surface area contributed by atoms with E-state index in [0.717, 1.165) is 24.6 Å². The first-order valence-corrected chi connectivity index (χ1v) is 5.14. The zero-order chi connectivity index (χ0) is 9.80. The van der Waals surface area contributed by atoms with Gasteiger partial charge in [0.1, 0.15) is 12.4 Å². The molecule has 0 aromatic carbocycles. The summed E-state index contributed by atoms with van der Waals surface area (Å²) in [6, 6.07) is 4.40. The van der Waals surface area contributed by atoms with Crippen LogP contribution < -0.4 is 10.1 Å². The number of aromatic nitrogens is 1. The van der Waals surface area contributed by atoms with E-state index < -0.39 is 0 Å². The van der Waals surface area contributed by atoms with E-state index >= 15 is 0 Å². The fourth-order valence-corrected chi connectivity index (χ4v) is 1.71. The van der Waals surface area contributed by atoms with Gasteiger partial charge in [-0.15, -0.1) is 24.8 Å². The molecule has 3 nitrogen and oxygen atoms in total. The summed E-state index contributed by atoms with van der Waals surface area (Å²) in [5.74, 6) is 0.904. The second-order valence-corrected chi connectivity index (χ2v) is 3.69. The molecule has 1 fully saturated rings. The summed E-state index contributed by atoms with van der Waals surface area (Å²) in [5.41, 5.74) is 0.963. The molecule has 1 N–H and O–H groups in total. The predicted molar refractivity (Wildman–Crippen MR) is 70.0 cm³/mol. The van der Waals surface area contributed by atoms with Crippen molar-refractivity contribution in [2.24, 2.45) is 0 Å². The SMILES string of the molecule is Cc1ncccc1OC[C@H]1CCCN1.Cl.Cl. The van der Waals surface area contributed by atoms with Crippen molar-refractivity contribution < 1.29 is 4.74 Å². The molecule has 0 radical (unpaired) electrons. The Morgan fingerprint density at radius 1 is 1.50 bits per heavy atom. The van der Waals surface area contributed by atoms with E-state index in [9.17, 15) is 0 Å². The Balaban J connectivity index is 0.00000112. The molecule has 1 aromatic rings. The number of nitrogens with one attached hydrogen (secondary N) is 1. The second kappa shape index (κ2) is 7.71. The molecule has 16 heavy (non-hydrogen) atoms. The Labute approximate surface area is 109 Å². The number of pyridine rings is 1. The first-order chi connectivity index (χ1) is 6.86. The smallest absolute Gasteiger partial charge is 0.140 e. The highest BCUT2D eigenvalue weighted by atomic mass is 35.5. The van der Waals surface area contributed by atoms with Gasteiger partial charge in [-0.1, -0.05) is 0 Å². The van der Waals surface area contributed by atoms with E-state index in [4.69, 9.17) is 4.74 Å². The number of hydrogen-bond donors (Lipinski definition) is 1. The Morgan fingerprint density at radius 2 is 2.31 bits per heavy atom. The van der Waals surface area contributed by atoms with E-state index in [-0.39, 0.29) is 24.8 Å². The van der Waals surface area contributed by atoms with Crippen LogP contribution in [0.4, 0.5) is 0 Å². The summed E-state index contributed by atoms with van der Waals surface area (Å²) < 4.78 is 5.70. The second-order valence-electron chi connectivity index (χ2n) is 3.69. The minimum absolute atomic E-state index is 0. The van der Waals surface area contributed by atoms with Gasteiger partial charge in [0.05, 0.1) is 5.69 Å². The van der Waals surface area contributed by atoms with Gasteiger partial charge < -0.3 is 10.1 Å². The third-order valence-electron chi connectivity index (χ3n) is 2.56. The Morgan fingerprint density at radius 3 is 2.94 bits per heavy atom. The van der Waals surface area contributed by atoms with Crippen LogP contribution in [0.1, 0.15) is 18.5 Å². The highest BCUT2D eigenvalue weighted by Crippen LogP contribution is 2.15. The molecule has 1 aliphatic heterocycles. The Hall–Kier alpha value is -0.510. The summed E-state index contributed by atoms with van der Waals surface area (Å²) in [7, 11) is 0. The van der Waals surface area contributed by atoms with E-state index in [1.165, 1.54) is 12.8 Å². The molecule has 2 heterocycles. The summed E-state index contributed by atoms with van der Waals surface area (Å²) in [5, 5.41) is 3.40. The van der Waals surface area contributed by atoms with Crippen LogP contribution >= 0.6 is 24.8 Å². The van der Waals surface area contributed by atoms with Gasteiger partial charge in [-0.3, -0.25) is 4.98 Å². The first-order valence-electron chi connectivity index (χ1n) is 5.14. The molecule has 1 aromatic heterocycles. The number of aryl methyl sites for hydroxylation is 1. The molecular formula is C11H18Cl2N2O. The van der Waals surface area contributed by atoms with Gasteiger partial charge in [0, 0.05) is 12.2 Å². The molecule has 0 saturated carbocycles. The topological polar surface area (TPSA) is 34.1 Å². The van der Waals surface area contributed by atoms with Crippen molar-refractivity contribution in [1.29, 1.82) is 0 Å². The maximum absolute atomic E-state index is 5.70. The number of ether oxygens (including phenoxy) is 1. The molecule has 1 saturated heterocycles. The number of halogens is 2. The van der Waals surface area contributed by atoms with Gasteiger partial charge in [-0.25, -0.2) is 0 Å². The van der Waals surface area contributed by atoms with Crippen LogP contribution in [0.25, 0.3) is 0 Å². The van der Waals surface area contributed by atoms with Gasteiger partial charge >= 0.3 is 0 Å². The van der Waals surface area contributed by atoms with Gasteiger partial charge in [0.2, 0.25) is 0 Å². The number of rotatable bonds is 3. The van der Waals surface area contributed by atoms with Crippen LogP contribution in [-0.4, -0.2) is 24.2 Å². The van der Waals surface area contributed by atoms with E-state index in [0.29, 0.717) is 6.04 Å². The number of hydrogen-bond acceptors (Lipinski definition) is 3. The summed E-state index contributed by atoms with van der Waals surface area (Å²) in [6.07, 6.45) is 4.27. The van der Waals surface area contributed by atoms with Crippen molar-refractivity contribution in [3.8, 4) is 5.75 Å². The summed E-state index contributed by atoms with van der Waals surface area (Å²) in [6.45, 7) is 3.85. The van der Waals surface area contributed by atoms with Crippen molar-refractivity contribution in [2.75, 3.05) is 13.2 Å². The van der Waals surface area contributed by atoms with Crippen LogP contribution in [0, 0.1) is 6.92 Å². The van der Waals surface area contributed by atoms with Crippen LogP contribution in [0.15, 0.2) is 18.3 Å². The number of nitrogens with zero attached hydrogens (tertiary/aromatic N) is 1. The first kappa shape index (κ1) is 15.5. The van der Waals surface area contributed by atoms with Crippen molar-refractivity contribution in [3.63, 3.8) is 0 Å². The van der Waals surface area contributed by atoms with Crippen molar-refractivity contribution in [2.45, 2.75) is 25.8 Å². The van der Waals surface area contributed by atoms with E-state index in [1.807, 2.05) is 19.1 Å². The van der Waals surface area contributed by atoms with Crippen LogP contribution in [0.5, 0.6) is 5.75 Å². The Kier molecular flexibility index (Phi) is 7.47. The van der Waals surface area contributed by atoms with Crippen molar-refractivity contribution in [3.05, 3.63) is 24.0 Å². The lowest BCUT2D eigenvalue weighted by Crippen LogP contribution is -2.28. The fourth-order valence-electron chi connectivity index (χ4n) is 1.71. The van der Waals surface area contributed by atoms with Gasteiger partial charge in [0.25, 0.3) is 0 Å². The lowest BCUT2D eigenvalue weighted by molar-refractivity contribution is 0.274. The predicted octanol–water partition coefficient (Wildman–Crippen LogP) is 2.36. The average Bonchev–Trinajstić information content (AvgIpc) is 2.69. The largest absolute Gasteiger partial charge is 0.490 e. The van der Waals surface area contributed by atoms with Crippen molar-refractivity contribution >= 4 is 24.8 Å².